The highest BCUT2D eigenvalue weighted by Crippen LogP contribution is 2.24. The summed E-state index contributed by atoms with van der Waals surface area (Å²) < 4.78 is 0. The van der Waals surface area contributed by atoms with Crippen LogP contribution in [0.15, 0.2) is 0 Å². The molecule has 0 aliphatic carbocycles. The molecule has 4 atom stereocenters. The Morgan fingerprint density at radius 1 is 0.773 bits per heavy atom. The highest BCUT2D eigenvalue weighted by Gasteiger charge is 2.40. The smallest absolute Gasteiger partial charge is 0.108 e. The molecule has 0 amide bonds. The van der Waals surface area contributed by atoms with Gasteiger partial charge < -0.3 is 15.3 Å². The minimum absolute atomic E-state index is 0.000548. The fourth-order valence-electron chi connectivity index (χ4n) is 3.44. The average Bonchev–Trinajstić information content (AvgIpc) is 2.51. The first-order valence-corrected chi connectivity index (χ1v) is 9.40. The maximum atomic E-state index is 10.3. The van der Waals surface area contributed by atoms with Gasteiger partial charge in [-0.1, -0.05) is 65.2 Å². The van der Waals surface area contributed by atoms with E-state index in [-0.39, 0.29) is 6.04 Å². The quantitative estimate of drug-likeness (QED) is 0.513. The van der Waals surface area contributed by atoms with Crippen LogP contribution in [0.3, 0.4) is 0 Å². The third-order valence-electron chi connectivity index (χ3n) is 4.93. The number of aliphatic hydroxyl groups excluding tert-OH is 3. The van der Waals surface area contributed by atoms with E-state index in [1.54, 1.807) is 0 Å². The van der Waals surface area contributed by atoms with E-state index in [0.29, 0.717) is 6.54 Å². The van der Waals surface area contributed by atoms with Gasteiger partial charge in [-0.3, -0.25) is 4.90 Å². The van der Waals surface area contributed by atoms with Crippen molar-refractivity contribution in [3.63, 3.8) is 0 Å². The third-order valence-corrected chi connectivity index (χ3v) is 4.93. The van der Waals surface area contributed by atoms with E-state index in [1.165, 1.54) is 38.5 Å². The first kappa shape index (κ1) is 19.9. The summed E-state index contributed by atoms with van der Waals surface area (Å²) in [6, 6.07) is 0.000548. The fraction of sp³-hybridized carbons (Fsp3) is 1.00. The summed E-state index contributed by atoms with van der Waals surface area (Å²) in [6.07, 6.45) is 9.27. The van der Waals surface area contributed by atoms with Gasteiger partial charge in [0.2, 0.25) is 0 Å². The lowest BCUT2D eigenvalue weighted by Gasteiger charge is -2.44. The lowest BCUT2D eigenvalue weighted by atomic mass is 9.90. The lowest BCUT2D eigenvalue weighted by molar-refractivity contribution is -0.138. The second-order valence-electron chi connectivity index (χ2n) is 6.87. The van der Waals surface area contributed by atoms with Gasteiger partial charge in [-0.15, -0.1) is 0 Å². The number of β-amino-alcohol motifs (C(OH)–C–C–N with tert-alkyl or cyclic N) is 1. The molecule has 1 saturated heterocycles. The first-order valence-electron chi connectivity index (χ1n) is 9.40. The van der Waals surface area contributed by atoms with Gasteiger partial charge in [0.15, 0.2) is 0 Å². The van der Waals surface area contributed by atoms with Crippen LogP contribution in [0.1, 0.15) is 78.1 Å². The summed E-state index contributed by atoms with van der Waals surface area (Å²) in [4.78, 5) is 2.18. The molecule has 0 spiro atoms. The molecule has 1 rings (SSSR count). The predicted octanol–water partition coefficient (Wildman–Crippen LogP) is 2.69. The Balaban J connectivity index is 2.34. The molecule has 3 N–H and O–H groups in total. The van der Waals surface area contributed by atoms with Crippen molar-refractivity contribution in [3.05, 3.63) is 0 Å². The van der Waals surface area contributed by atoms with Crippen molar-refractivity contribution in [2.45, 2.75) is 102 Å². The van der Waals surface area contributed by atoms with Gasteiger partial charge in [-0.2, -0.15) is 0 Å². The monoisotopic (exact) mass is 315 g/mol. The maximum absolute atomic E-state index is 10.3. The van der Waals surface area contributed by atoms with Crippen LogP contribution < -0.4 is 0 Å². The SMILES string of the molecule is CCCCCCCCC[C@@H]1C(O)[C@@H](O)[C@H](O)CN1CCCC. The second-order valence-corrected chi connectivity index (χ2v) is 6.87. The first-order chi connectivity index (χ1) is 10.6. The number of aliphatic hydroxyl groups is 3. The van der Waals surface area contributed by atoms with Crippen LogP contribution in [-0.4, -0.2) is 57.7 Å². The Morgan fingerprint density at radius 2 is 1.36 bits per heavy atom. The highest BCUT2D eigenvalue weighted by molar-refractivity contribution is 4.94. The molecule has 0 radical (unpaired) electrons. The maximum Gasteiger partial charge on any atom is 0.108 e. The van der Waals surface area contributed by atoms with Gasteiger partial charge in [0.1, 0.15) is 6.10 Å². The number of piperidine rings is 1. The third kappa shape index (κ3) is 6.53. The number of nitrogens with zero attached hydrogens (tertiary/aromatic N) is 1. The molecule has 1 aliphatic heterocycles. The molecule has 1 unspecified atom stereocenters. The Kier molecular flexibility index (Phi) is 10.3. The van der Waals surface area contributed by atoms with Crippen LogP contribution in [0, 0.1) is 0 Å². The Hall–Kier alpha value is -0.160. The standard InChI is InChI=1S/C18H37NO3/c1-3-5-7-8-9-10-11-12-15-17(21)18(22)16(20)14-19(15)13-6-4-2/h15-18,20-22H,3-14H2,1-2H3/t15-,16-,17?,18+/m1/s1. The van der Waals surface area contributed by atoms with Gasteiger partial charge in [-0.25, -0.2) is 0 Å². The Labute approximate surface area is 136 Å². The largest absolute Gasteiger partial charge is 0.389 e. The summed E-state index contributed by atoms with van der Waals surface area (Å²) in [7, 11) is 0. The van der Waals surface area contributed by atoms with Gasteiger partial charge in [0, 0.05) is 12.6 Å². The molecule has 1 heterocycles. The summed E-state index contributed by atoms with van der Waals surface area (Å²) >= 11 is 0. The molecule has 0 bridgehead atoms. The molecule has 1 aliphatic rings. The van der Waals surface area contributed by atoms with E-state index in [0.717, 1.165) is 32.2 Å². The van der Waals surface area contributed by atoms with E-state index >= 15 is 0 Å². The molecule has 4 nitrogen and oxygen atoms in total. The number of rotatable bonds is 11. The molecule has 4 heteroatoms. The van der Waals surface area contributed by atoms with Crippen molar-refractivity contribution < 1.29 is 15.3 Å². The van der Waals surface area contributed by atoms with Crippen molar-refractivity contribution in [3.8, 4) is 0 Å². The number of hydrogen-bond acceptors (Lipinski definition) is 4. The zero-order valence-electron chi connectivity index (χ0n) is 14.6. The van der Waals surface area contributed by atoms with Crippen molar-refractivity contribution in [2.75, 3.05) is 13.1 Å². The molecule has 132 valence electrons. The van der Waals surface area contributed by atoms with Gasteiger partial charge >= 0.3 is 0 Å². The van der Waals surface area contributed by atoms with Crippen LogP contribution in [0.2, 0.25) is 0 Å². The van der Waals surface area contributed by atoms with Crippen LogP contribution in [0.4, 0.5) is 0 Å². The van der Waals surface area contributed by atoms with Crippen LogP contribution in [0.25, 0.3) is 0 Å². The summed E-state index contributed by atoms with van der Waals surface area (Å²) in [5.74, 6) is 0. The minimum Gasteiger partial charge on any atom is -0.389 e. The summed E-state index contributed by atoms with van der Waals surface area (Å²) in [5.41, 5.74) is 0. The molecular formula is C18H37NO3. The Morgan fingerprint density at radius 3 is 2.00 bits per heavy atom. The minimum atomic E-state index is -0.993. The molecular weight excluding hydrogens is 278 g/mol. The topological polar surface area (TPSA) is 63.9 Å². The van der Waals surface area contributed by atoms with Gasteiger partial charge in [0.25, 0.3) is 0 Å². The van der Waals surface area contributed by atoms with E-state index in [4.69, 9.17) is 0 Å². The molecule has 0 aromatic carbocycles. The van der Waals surface area contributed by atoms with E-state index < -0.39 is 18.3 Å². The van der Waals surface area contributed by atoms with Crippen LogP contribution in [0.5, 0.6) is 0 Å². The number of likely N-dealkylation sites (tertiary alicyclic amines) is 1. The van der Waals surface area contributed by atoms with Crippen molar-refractivity contribution >= 4 is 0 Å². The average molecular weight is 315 g/mol. The van der Waals surface area contributed by atoms with Crippen LogP contribution in [-0.2, 0) is 0 Å². The van der Waals surface area contributed by atoms with E-state index in [9.17, 15) is 15.3 Å². The van der Waals surface area contributed by atoms with Crippen LogP contribution >= 0.6 is 0 Å². The van der Waals surface area contributed by atoms with Gasteiger partial charge in [0.05, 0.1) is 12.2 Å². The van der Waals surface area contributed by atoms with E-state index in [1.807, 2.05) is 0 Å². The lowest BCUT2D eigenvalue weighted by Crippen LogP contribution is -2.61. The summed E-state index contributed by atoms with van der Waals surface area (Å²) in [6.45, 7) is 5.77. The molecule has 22 heavy (non-hydrogen) atoms. The van der Waals surface area contributed by atoms with E-state index in [2.05, 4.69) is 18.7 Å². The van der Waals surface area contributed by atoms with Crippen molar-refractivity contribution in [1.29, 1.82) is 0 Å². The zero-order chi connectivity index (χ0) is 16.4. The zero-order valence-corrected chi connectivity index (χ0v) is 14.6. The molecule has 0 aromatic rings. The molecule has 1 fully saturated rings. The van der Waals surface area contributed by atoms with Crippen molar-refractivity contribution in [2.24, 2.45) is 0 Å². The van der Waals surface area contributed by atoms with Gasteiger partial charge in [-0.05, 0) is 19.4 Å². The molecule has 0 aromatic heterocycles. The number of unbranched alkanes of at least 4 members (excludes halogenated alkanes) is 7. The normalized spacial score (nSPS) is 29.9. The number of hydrogen-bond donors (Lipinski definition) is 3. The fourth-order valence-corrected chi connectivity index (χ4v) is 3.44. The van der Waals surface area contributed by atoms with Crippen molar-refractivity contribution in [1.82, 2.24) is 4.90 Å². The molecule has 0 saturated carbocycles. The summed E-state index contributed by atoms with van der Waals surface area (Å²) in [5, 5.41) is 30.1. The highest BCUT2D eigenvalue weighted by atomic mass is 16.4. The second kappa shape index (κ2) is 11.4. The Bertz CT molecular complexity index is 275. The predicted molar refractivity (Wildman–Crippen MR) is 90.9 cm³/mol.